The fourth-order valence-electron chi connectivity index (χ4n) is 3.77. The molecule has 2 aliphatic rings. The molecule has 1 saturated carbocycles. The van der Waals surface area contributed by atoms with Gasteiger partial charge < -0.3 is 11.1 Å². The van der Waals surface area contributed by atoms with Crippen LogP contribution in [0.3, 0.4) is 0 Å². The van der Waals surface area contributed by atoms with Crippen LogP contribution in [0.4, 0.5) is 0 Å². The van der Waals surface area contributed by atoms with Crippen LogP contribution in [0.5, 0.6) is 0 Å². The Balaban J connectivity index is 1.85. The molecule has 19 heavy (non-hydrogen) atoms. The zero-order valence-electron chi connectivity index (χ0n) is 12.3. The first-order chi connectivity index (χ1) is 9.01. The maximum Gasteiger partial charge on any atom is 0.227 e. The van der Waals surface area contributed by atoms with Gasteiger partial charge in [0.25, 0.3) is 0 Å². The highest BCUT2D eigenvalue weighted by Gasteiger charge is 2.35. The monoisotopic (exact) mass is 264 g/mol. The zero-order valence-corrected chi connectivity index (χ0v) is 12.3. The summed E-state index contributed by atoms with van der Waals surface area (Å²) < 4.78 is 0. The van der Waals surface area contributed by atoms with Crippen molar-refractivity contribution in [2.75, 3.05) is 6.54 Å². The first kappa shape index (κ1) is 14.6. The lowest BCUT2D eigenvalue weighted by Crippen LogP contribution is -2.39. The third-order valence-electron chi connectivity index (χ3n) is 4.60. The standard InChI is InChI=1S/C16H28N2O/c1-12(2)10-16(7-3-4-8-16)11-18-15(19)13-5-6-14(17)9-13/h5-6,12-14H,3-4,7-11,17H2,1-2H3,(H,18,19). The predicted molar refractivity (Wildman–Crippen MR) is 78.6 cm³/mol. The van der Waals surface area contributed by atoms with Crippen molar-refractivity contribution in [2.24, 2.45) is 23.0 Å². The number of rotatable bonds is 5. The second-order valence-electron chi connectivity index (χ2n) is 6.91. The molecule has 0 radical (unpaired) electrons. The smallest absolute Gasteiger partial charge is 0.227 e. The molecular weight excluding hydrogens is 236 g/mol. The Morgan fingerprint density at radius 1 is 1.37 bits per heavy atom. The summed E-state index contributed by atoms with van der Waals surface area (Å²) >= 11 is 0. The van der Waals surface area contributed by atoms with Gasteiger partial charge in [-0.3, -0.25) is 4.79 Å². The molecule has 0 aromatic rings. The number of hydrogen-bond acceptors (Lipinski definition) is 2. The summed E-state index contributed by atoms with van der Waals surface area (Å²) in [6.07, 6.45) is 11.1. The SMILES string of the molecule is CC(C)CC1(CNC(=O)C2C=CC(N)C2)CCCC1. The predicted octanol–water partition coefficient (Wildman–Crippen LogP) is 2.61. The van der Waals surface area contributed by atoms with Gasteiger partial charge in [0.05, 0.1) is 5.92 Å². The average Bonchev–Trinajstić information content (AvgIpc) is 2.95. The van der Waals surface area contributed by atoms with Gasteiger partial charge in [0.2, 0.25) is 5.91 Å². The van der Waals surface area contributed by atoms with Gasteiger partial charge in [-0.1, -0.05) is 38.8 Å². The van der Waals surface area contributed by atoms with Crippen LogP contribution < -0.4 is 11.1 Å². The van der Waals surface area contributed by atoms with Crippen LogP contribution in [0.1, 0.15) is 52.4 Å². The minimum atomic E-state index is -0.00694. The summed E-state index contributed by atoms with van der Waals surface area (Å²) in [5, 5.41) is 3.19. The number of carbonyl (C=O) groups is 1. The van der Waals surface area contributed by atoms with E-state index in [1.165, 1.54) is 32.1 Å². The summed E-state index contributed by atoms with van der Waals surface area (Å²) in [7, 11) is 0. The van der Waals surface area contributed by atoms with Gasteiger partial charge in [0.1, 0.15) is 0 Å². The van der Waals surface area contributed by atoms with Crippen molar-refractivity contribution >= 4 is 5.91 Å². The Labute approximate surface area is 117 Å². The van der Waals surface area contributed by atoms with E-state index in [1.807, 2.05) is 12.2 Å². The summed E-state index contributed by atoms with van der Waals surface area (Å²) in [5.74, 6) is 0.863. The van der Waals surface area contributed by atoms with Crippen molar-refractivity contribution < 1.29 is 4.79 Å². The number of nitrogens with one attached hydrogen (secondary N) is 1. The highest BCUT2D eigenvalue weighted by Crippen LogP contribution is 2.42. The van der Waals surface area contributed by atoms with Crippen LogP contribution in [0.2, 0.25) is 0 Å². The molecule has 0 bridgehead atoms. The fourth-order valence-corrected chi connectivity index (χ4v) is 3.77. The minimum Gasteiger partial charge on any atom is -0.355 e. The van der Waals surface area contributed by atoms with Crippen molar-refractivity contribution in [3.63, 3.8) is 0 Å². The van der Waals surface area contributed by atoms with E-state index in [-0.39, 0.29) is 17.9 Å². The third kappa shape index (κ3) is 3.82. The lowest BCUT2D eigenvalue weighted by molar-refractivity contribution is -0.124. The normalized spacial score (nSPS) is 29.1. The number of amides is 1. The van der Waals surface area contributed by atoms with E-state index in [9.17, 15) is 4.79 Å². The van der Waals surface area contributed by atoms with Gasteiger partial charge in [0, 0.05) is 12.6 Å². The molecule has 0 aromatic carbocycles. The number of nitrogens with two attached hydrogens (primary N) is 1. The molecule has 0 aliphatic heterocycles. The molecule has 2 unspecified atom stereocenters. The molecule has 2 atom stereocenters. The molecular formula is C16H28N2O. The molecule has 0 saturated heterocycles. The Kier molecular flexibility index (Phi) is 4.67. The van der Waals surface area contributed by atoms with Gasteiger partial charge in [-0.25, -0.2) is 0 Å². The van der Waals surface area contributed by atoms with Crippen molar-refractivity contribution in [2.45, 2.75) is 58.4 Å². The van der Waals surface area contributed by atoms with E-state index in [1.54, 1.807) is 0 Å². The van der Waals surface area contributed by atoms with E-state index in [4.69, 9.17) is 5.73 Å². The maximum atomic E-state index is 12.2. The Bertz CT molecular complexity index is 343. The number of carbonyl (C=O) groups excluding carboxylic acids is 1. The second-order valence-corrected chi connectivity index (χ2v) is 6.91. The molecule has 2 rings (SSSR count). The molecule has 0 spiro atoms. The fraction of sp³-hybridized carbons (Fsp3) is 0.812. The average molecular weight is 264 g/mol. The first-order valence-corrected chi connectivity index (χ1v) is 7.72. The quantitative estimate of drug-likeness (QED) is 0.750. The van der Waals surface area contributed by atoms with Crippen LogP contribution >= 0.6 is 0 Å². The van der Waals surface area contributed by atoms with Crippen LogP contribution in [-0.4, -0.2) is 18.5 Å². The summed E-state index contributed by atoms with van der Waals surface area (Å²) in [4.78, 5) is 12.2. The lowest BCUT2D eigenvalue weighted by atomic mass is 9.78. The molecule has 3 N–H and O–H groups in total. The topological polar surface area (TPSA) is 55.1 Å². The Morgan fingerprint density at radius 3 is 2.58 bits per heavy atom. The van der Waals surface area contributed by atoms with Crippen molar-refractivity contribution in [1.29, 1.82) is 0 Å². The van der Waals surface area contributed by atoms with Gasteiger partial charge in [-0.2, -0.15) is 0 Å². The van der Waals surface area contributed by atoms with Crippen molar-refractivity contribution in [1.82, 2.24) is 5.32 Å². The van der Waals surface area contributed by atoms with Crippen LogP contribution in [0, 0.1) is 17.3 Å². The molecule has 1 fully saturated rings. The highest BCUT2D eigenvalue weighted by molar-refractivity contribution is 5.81. The Morgan fingerprint density at radius 2 is 2.05 bits per heavy atom. The van der Waals surface area contributed by atoms with Crippen molar-refractivity contribution in [3.05, 3.63) is 12.2 Å². The molecule has 1 amide bonds. The largest absolute Gasteiger partial charge is 0.355 e. The summed E-state index contributed by atoms with van der Waals surface area (Å²) in [5.41, 5.74) is 6.16. The van der Waals surface area contributed by atoms with E-state index >= 15 is 0 Å². The van der Waals surface area contributed by atoms with E-state index in [0.29, 0.717) is 11.3 Å². The summed E-state index contributed by atoms with van der Waals surface area (Å²) in [6.45, 7) is 5.41. The van der Waals surface area contributed by atoms with E-state index < -0.39 is 0 Å². The van der Waals surface area contributed by atoms with Gasteiger partial charge >= 0.3 is 0 Å². The van der Waals surface area contributed by atoms with Crippen molar-refractivity contribution in [3.8, 4) is 0 Å². The minimum absolute atomic E-state index is 0.00694. The number of hydrogen-bond donors (Lipinski definition) is 2. The molecule has 0 aromatic heterocycles. The van der Waals surface area contributed by atoms with Gasteiger partial charge in [0.15, 0.2) is 0 Å². The Hall–Kier alpha value is -0.830. The molecule has 3 heteroatoms. The molecule has 3 nitrogen and oxygen atoms in total. The van der Waals surface area contributed by atoms with Crippen LogP contribution in [0.25, 0.3) is 0 Å². The summed E-state index contributed by atoms with van der Waals surface area (Å²) in [6, 6.07) is 0.0619. The van der Waals surface area contributed by atoms with Gasteiger partial charge in [-0.15, -0.1) is 0 Å². The van der Waals surface area contributed by atoms with E-state index in [2.05, 4.69) is 19.2 Å². The zero-order chi connectivity index (χ0) is 13.9. The lowest BCUT2D eigenvalue weighted by Gasteiger charge is -2.31. The molecule has 0 heterocycles. The van der Waals surface area contributed by atoms with Crippen LogP contribution in [0.15, 0.2) is 12.2 Å². The third-order valence-corrected chi connectivity index (χ3v) is 4.60. The van der Waals surface area contributed by atoms with Gasteiger partial charge in [-0.05, 0) is 37.0 Å². The molecule has 108 valence electrons. The highest BCUT2D eigenvalue weighted by atomic mass is 16.1. The van der Waals surface area contributed by atoms with E-state index in [0.717, 1.165) is 13.0 Å². The first-order valence-electron chi connectivity index (χ1n) is 7.72. The molecule has 2 aliphatic carbocycles. The van der Waals surface area contributed by atoms with Crippen LogP contribution in [-0.2, 0) is 4.79 Å². The second kappa shape index (κ2) is 6.08. The maximum absolute atomic E-state index is 12.2.